The Morgan fingerprint density at radius 3 is 2.27 bits per heavy atom. The van der Waals surface area contributed by atoms with E-state index >= 15 is 0 Å². The number of hydrogen-bond acceptors (Lipinski definition) is 1. The quantitative estimate of drug-likeness (QED) is 0.819. The van der Waals surface area contributed by atoms with Crippen molar-refractivity contribution in [1.82, 2.24) is 0 Å². The molecule has 0 amide bonds. The third-order valence-corrected chi connectivity index (χ3v) is 4.04. The van der Waals surface area contributed by atoms with Crippen LogP contribution in [0, 0.1) is 5.41 Å². The molecule has 0 radical (unpaired) electrons. The lowest BCUT2D eigenvalue weighted by Gasteiger charge is -2.22. The molecule has 1 aromatic rings. The van der Waals surface area contributed by atoms with Crippen LogP contribution in [0.3, 0.4) is 0 Å². The molecule has 1 saturated carbocycles. The molecule has 1 aromatic carbocycles. The average Bonchev–Trinajstić information content (AvgIpc) is 2.91. The van der Waals surface area contributed by atoms with Crippen molar-refractivity contribution in [3.05, 3.63) is 28.2 Å². The number of para-hydroxylation sites is 1. The number of hydrogen-bond donors (Lipinski definition) is 1. The van der Waals surface area contributed by atoms with Gasteiger partial charge in [0, 0.05) is 6.04 Å². The maximum atomic E-state index is 6.10. The second-order valence-electron chi connectivity index (χ2n) is 4.62. The molecule has 82 valence electrons. The Morgan fingerprint density at radius 1 is 1.27 bits per heavy atom. The van der Waals surface area contributed by atoms with Gasteiger partial charge in [0.2, 0.25) is 0 Å². The van der Waals surface area contributed by atoms with Crippen LogP contribution in [0.25, 0.3) is 0 Å². The Labute approximate surface area is 101 Å². The van der Waals surface area contributed by atoms with Gasteiger partial charge in [0.05, 0.1) is 15.7 Å². The minimum atomic E-state index is 0.412. The highest BCUT2D eigenvalue weighted by Gasteiger charge is 2.42. The van der Waals surface area contributed by atoms with Crippen LogP contribution in [0.2, 0.25) is 10.0 Å². The molecule has 0 heterocycles. The first kappa shape index (κ1) is 11.1. The minimum Gasteiger partial charge on any atom is -0.380 e. The number of nitrogens with one attached hydrogen (secondary N) is 1. The van der Waals surface area contributed by atoms with Gasteiger partial charge in [-0.3, -0.25) is 0 Å². The van der Waals surface area contributed by atoms with Gasteiger partial charge in [0.15, 0.2) is 0 Å². The molecular formula is C12H15Cl2N. The van der Waals surface area contributed by atoms with Crippen LogP contribution in [0.15, 0.2) is 18.2 Å². The normalized spacial score (nSPS) is 19.7. The molecule has 2 rings (SSSR count). The number of rotatable bonds is 3. The molecule has 0 aromatic heterocycles. The first-order chi connectivity index (χ1) is 7.03. The summed E-state index contributed by atoms with van der Waals surface area (Å²) < 4.78 is 0. The monoisotopic (exact) mass is 243 g/mol. The fourth-order valence-electron chi connectivity index (χ4n) is 1.66. The van der Waals surface area contributed by atoms with Gasteiger partial charge in [-0.25, -0.2) is 0 Å². The molecule has 0 spiro atoms. The molecule has 0 saturated heterocycles. The lowest BCUT2D eigenvalue weighted by atomic mass is 10.0. The second-order valence-corrected chi connectivity index (χ2v) is 5.43. The van der Waals surface area contributed by atoms with Crippen LogP contribution < -0.4 is 5.32 Å². The smallest absolute Gasteiger partial charge is 0.0721 e. The molecule has 1 aliphatic rings. The molecule has 1 aliphatic carbocycles. The molecule has 1 atom stereocenters. The minimum absolute atomic E-state index is 0.412. The van der Waals surface area contributed by atoms with Gasteiger partial charge in [-0.05, 0) is 37.3 Å². The zero-order valence-corrected chi connectivity index (χ0v) is 10.5. The van der Waals surface area contributed by atoms with E-state index in [0.29, 0.717) is 21.5 Å². The average molecular weight is 244 g/mol. The van der Waals surface area contributed by atoms with E-state index in [1.165, 1.54) is 12.8 Å². The highest BCUT2D eigenvalue weighted by atomic mass is 35.5. The number of benzene rings is 1. The van der Waals surface area contributed by atoms with Crippen LogP contribution in [-0.4, -0.2) is 6.04 Å². The van der Waals surface area contributed by atoms with Crippen LogP contribution in [0.5, 0.6) is 0 Å². The standard InChI is InChI=1S/C12H15Cl2N/c1-8(12(2)6-7-12)15-11-9(13)4-3-5-10(11)14/h3-5,8,15H,6-7H2,1-2H3. The Kier molecular flexibility index (Phi) is 2.87. The van der Waals surface area contributed by atoms with E-state index in [-0.39, 0.29) is 0 Å². The first-order valence-electron chi connectivity index (χ1n) is 5.23. The van der Waals surface area contributed by atoms with E-state index in [2.05, 4.69) is 19.2 Å². The van der Waals surface area contributed by atoms with Crippen molar-refractivity contribution >= 4 is 28.9 Å². The fourth-order valence-corrected chi connectivity index (χ4v) is 2.16. The van der Waals surface area contributed by atoms with Gasteiger partial charge < -0.3 is 5.32 Å². The zero-order valence-electron chi connectivity index (χ0n) is 8.98. The third-order valence-electron chi connectivity index (χ3n) is 3.41. The summed E-state index contributed by atoms with van der Waals surface area (Å²) in [6.07, 6.45) is 2.56. The van der Waals surface area contributed by atoms with Crippen molar-refractivity contribution in [1.29, 1.82) is 0 Å². The first-order valence-corrected chi connectivity index (χ1v) is 5.99. The summed E-state index contributed by atoms with van der Waals surface area (Å²) in [5, 5.41) is 4.80. The van der Waals surface area contributed by atoms with Crippen molar-refractivity contribution in [2.75, 3.05) is 5.32 Å². The summed E-state index contributed by atoms with van der Waals surface area (Å²) in [5.74, 6) is 0. The van der Waals surface area contributed by atoms with Crippen molar-refractivity contribution in [2.24, 2.45) is 5.41 Å². The largest absolute Gasteiger partial charge is 0.380 e. The summed E-state index contributed by atoms with van der Waals surface area (Å²) in [6, 6.07) is 5.99. The molecule has 15 heavy (non-hydrogen) atoms. The van der Waals surface area contributed by atoms with Gasteiger partial charge in [-0.2, -0.15) is 0 Å². The summed E-state index contributed by atoms with van der Waals surface area (Å²) in [6.45, 7) is 4.47. The number of anilines is 1. The summed E-state index contributed by atoms with van der Waals surface area (Å²) >= 11 is 12.2. The number of halogens is 2. The maximum absolute atomic E-state index is 6.10. The fraction of sp³-hybridized carbons (Fsp3) is 0.500. The molecule has 1 N–H and O–H groups in total. The van der Waals surface area contributed by atoms with E-state index in [1.54, 1.807) is 0 Å². The van der Waals surface area contributed by atoms with Gasteiger partial charge in [0.25, 0.3) is 0 Å². The summed E-state index contributed by atoms with van der Waals surface area (Å²) in [7, 11) is 0. The zero-order chi connectivity index (χ0) is 11.1. The summed E-state index contributed by atoms with van der Waals surface area (Å²) in [5.41, 5.74) is 1.28. The molecule has 1 nitrogen and oxygen atoms in total. The van der Waals surface area contributed by atoms with E-state index in [4.69, 9.17) is 23.2 Å². The molecule has 1 fully saturated rings. The van der Waals surface area contributed by atoms with Crippen molar-refractivity contribution in [3.63, 3.8) is 0 Å². The van der Waals surface area contributed by atoms with Gasteiger partial charge >= 0.3 is 0 Å². The highest BCUT2D eigenvalue weighted by molar-refractivity contribution is 6.39. The van der Waals surface area contributed by atoms with E-state index in [9.17, 15) is 0 Å². The lowest BCUT2D eigenvalue weighted by Crippen LogP contribution is -2.25. The van der Waals surface area contributed by atoms with Crippen molar-refractivity contribution < 1.29 is 0 Å². The Balaban J connectivity index is 2.16. The molecule has 3 heteroatoms. The van der Waals surface area contributed by atoms with Gasteiger partial charge in [-0.1, -0.05) is 36.2 Å². The van der Waals surface area contributed by atoms with Crippen LogP contribution in [-0.2, 0) is 0 Å². The Morgan fingerprint density at radius 2 is 1.80 bits per heavy atom. The van der Waals surface area contributed by atoms with Crippen LogP contribution in [0.1, 0.15) is 26.7 Å². The Hall–Kier alpha value is -0.400. The highest BCUT2D eigenvalue weighted by Crippen LogP contribution is 2.49. The molecule has 0 aliphatic heterocycles. The maximum Gasteiger partial charge on any atom is 0.0721 e. The second kappa shape index (κ2) is 3.88. The molecule has 1 unspecified atom stereocenters. The summed E-state index contributed by atoms with van der Waals surface area (Å²) in [4.78, 5) is 0. The van der Waals surface area contributed by atoms with E-state index < -0.39 is 0 Å². The van der Waals surface area contributed by atoms with Crippen LogP contribution >= 0.6 is 23.2 Å². The molecule has 0 bridgehead atoms. The van der Waals surface area contributed by atoms with E-state index in [1.807, 2.05) is 18.2 Å². The van der Waals surface area contributed by atoms with E-state index in [0.717, 1.165) is 5.69 Å². The van der Waals surface area contributed by atoms with Gasteiger partial charge in [-0.15, -0.1) is 0 Å². The van der Waals surface area contributed by atoms with Gasteiger partial charge in [0.1, 0.15) is 0 Å². The van der Waals surface area contributed by atoms with Crippen molar-refractivity contribution in [2.45, 2.75) is 32.7 Å². The lowest BCUT2D eigenvalue weighted by molar-refractivity contribution is 0.493. The Bertz CT molecular complexity index is 352. The van der Waals surface area contributed by atoms with Crippen LogP contribution in [0.4, 0.5) is 5.69 Å². The predicted octanol–water partition coefficient (Wildman–Crippen LogP) is 4.59. The SMILES string of the molecule is CC(Nc1c(Cl)cccc1Cl)C1(C)CC1. The van der Waals surface area contributed by atoms with Crippen molar-refractivity contribution in [3.8, 4) is 0 Å². The topological polar surface area (TPSA) is 12.0 Å². The molecular weight excluding hydrogens is 229 g/mol. The third kappa shape index (κ3) is 2.24. The predicted molar refractivity (Wildman–Crippen MR) is 66.9 cm³/mol.